The molecule has 0 radical (unpaired) electrons. The lowest BCUT2D eigenvalue weighted by atomic mass is 10.2. The van der Waals surface area contributed by atoms with E-state index in [2.05, 4.69) is 53.5 Å². The summed E-state index contributed by atoms with van der Waals surface area (Å²) >= 11 is 0. The van der Waals surface area contributed by atoms with Crippen molar-refractivity contribution in [3.63, 3.8) is 0 Å². The maximum atomic E-state index is 5.83. The Morgan fingerprint density at radius 1 is 0.929 bits per heavy atom. The summed E-state index contributed by atoms with van der Waals surface area (Å²) in [4.78, 5) is 0. The molecule has 0 amide bonds. The fraction of sp³-hybridized carbons (Fsp3) is 1.00. The van der Waals surface area contributed by atoms with E-state index in [4.69, 9.17) is 4.74 Å². The molecule has 0 rings (SSSR count). The molecule has 0 aromatic heterocycles. The highest BCUT2D eigenvalue weighted by atomic mass is 28.4. The summed E-state index contributed by atoms with van der Waals surface area (Å²) in [6.45, 7) is 19.3. The Hall–Kier alpha value is 0.394. The van der Waals surface area contributed by atoms with Gasteiger partial charge in [0.1, 0.15) is 0 Å². The van der Waals surface area contributed by atoms with Crippen molar-refractivity contribution in [2.45, 2.75) is 63.9 Å². The Bertz CT molecular complexity index is 186. The van der Waals surface area contributed by atoms with E-state index >= 15 is 0 Å². The van der Waals surface area contributed by atoms with E-state index in [1.54, 1.807) is 0 Å². The third-order valence-corrected chi connectivity index (χ3v) is 15.6. The van der Waals surface area contributed by atoms with Crippen molar-refractivity contribution in [2.24, 2.45) is 0 Å². The van der Waals surface area contributed by atoms with Gasteiger partial charge >= 0.3 is 0 Å². The maximum absolute atomic E-state index is 5.83. The second kappa shape index (κ2) is 4.10. The van der Waals surface area contributed by atoms with Crippen LogP contribution in [0.2, 0.25) is 37.8 Å². The molecule has 1 nitrogen and oxygen atoms in total. The number of ether oxygens (including phenoxy) is 1. The third-order valence-electron chi connectivity index (χ3n) is 3.61. The lowest BCUT2D eigenvalue weighted by Crippen LogP contribution is -2.60. The Morgan fingerprint density at radius 2 is 1.29 bits per heavy atom. The van der Waals surface area contributed by atoms with Crippen LogP contribution in [0.3, 0.4) is 0 Å². The minimum Gasteiger partial charge on any atom is -0.388 e. The van der Waals surface area contributed by atoms with Gasteiger partial charge in [0.05, 0.1) is 16.1 Å². The van der Waals surface area contributed by atoms with Crippen molar-refractivity contribution >= 4 is 16.1 Å². The lowest BCUT2D eigenvalue weighted by Gasteiger charge is -2.47. The highest BCUT2D eigenvalue weighted by Gasteiger charge is 2.47. The lowest BCUT2D eigenvalue weighted by molar-refractivity contribution is 0.204. The zero-order valence-electron chi connectivity index (χ0n) is 11.5. The van der Waals surface area contributed by atoms with E-state index in [1.165, 1.54) is 0 Å². The Morgan fingerprint density at radius 3 is 1.36 bits per heavy atom. The topological polar surface area (TPSA) is 9.23 Å². The van der Waals surface area contributed by atoms with Gasteiger partial charge in [0.15, 0.2) is 0 Å². The van der Waals surface area contributed by atoms with Gasteiger partial charge in [0.2, 0.25) is 0 Å². The van der Waals surface area contributed by atoms with E-state index < -0.39 is 16.1 Å². The minimum absolute atomic E-state index is 0.425. The van der Waals surface area contributed by atoms with E-state index in [0.29, 0.717) is 10.4 Å². The smallest absolute Gasteiger partial charge is 0.0828 e. The normalized spacial score (nSPS) is 16.9. The van der Waals surface area contributed by atoms with Gasteiger partial charge in [-0.2, -0.15) is 0 Å². The first-order valence-corrected chi connectivity index (χ1v) is 12.1. The first-order valence-electron chi connectivity index (χ1n) is 5.47. The summed E-state index contributed by atoms with van der Waals surface area (Å²) in [5, 5.41) is 0.975. The predicted molar refractivity (Wildman–Crippen MR) is 71.3 cm³/mol. The molecule has 86 valence electrons. The average Bonchev–Trinajstić information content (AvgIpc) is 1.80. The zero-order valence-corrected chi connectivity index (χ0v) is 13.5. The van der Waals surface area contributed by atoms with Crippen LogP contribution in [0.25, 0.3) is 0 Å². The molecule has 1 unspecified atom stereocenters. The molecule has 0 aromatic rings. The van der Waals surface area contributed by atoms with Crippen molar-refractivity contribution in [1.82, 2.24) is 0 Å². The van der Waals surface area contributed by atoms with Crippen LogP contribution in [0.1, 0.15) is 20.8 Å². The van der Waals surface area contributed by atoms with Crippen LogP contribution in [-0.4, -0.2) is 28.6 Å². The van der Waals surface area contributed by atoms with Crippen LogP contribution in [0.5, 0.6) is 0 Å². The molecule has 14 heavy (non-hydrogen) atoms. The summed E-state index contributed by atoms with van der Waals surface area (Å²) in [5.41, 5.74) is 0. The summed E-state index contributed by atoms with van der Waals surface area (Å²) < 4.78 is 5.83. The molecule has 0 fully saturated rings. The summed E-state index contributed by atoms with van der Waals surface area (Å²) in [6, 6.07) is 0. The maximum Gasteiger partial charge on any atom is 0.0828 e. The van der Waals surface area contributed by atoms with Gasteiger partial charge in [-0.05, 0) is 5.04 Å². The highest BCUT2D eigenvalue weighted by Crippen LogP contribution is 2.41. The summed E-state index contributed by atoms with van der Waals surface area (Å²) in [7, 11) is -0.630. The molecule has 0 aliphatic heterocycles. The molecule has 0 aromatic carbocycles. The van der Waals surface area contributed by atoms with Crippen LogP contribution >= 0.6 is 0 Å². The van der Waals surface area contributed by atoms with Crippen LogP contribution in [0.4, 0.5) is 0 Å². The van der Waals surface area contributed by atoms with Gasteiger partial charge in [0.25, 0.3) is 0 Å². The first kappa shape index (κ1) is 14.4. The predicted octanol–water partition coefficient (Wildman–Crippen LogP) is 3.93. The van der Waals surface area contributed by atoms with Crippen LogP contribution in [-0.2, 0) is 4.74 Å². The van der Waals surface area contributed by atoms with Gasteiger partial charge in [-0.25, -0.2) is 0 Å². The van der Waals surface area contributed by atoms with Crippen molar-refractivity contribution in [3.05, 3.63) is 0 Å². The SMILES string of the molecule is COC([Si](C)(C)C)[Si](C)(C)C(C)(C)C. The van der Waals surface area contributed by atoms with Gasteiger partial charge in [0, 0.05) is 12.5 Å². The van der Waals surface area contributed by atoms with E-state index in [-0.39, 0.29) is 0 Å². The van der Waals surface area contributed by atoms with Gasteiger partial charge < -0.3 is 4.74 Å². The second-order valence-electron chi connectivity index (χ2n) is 6.95. The monoisotopic (exact) mass is 232 g/mol. The van der Waals surface area contributed by atoms with Crippen LogP contribution in [0, 0.1) is 0 Å². The van der Waals surface area contributed by atoms with E-state index in [9.17, 15) is 0 Å². The quantitative estimate of drug-likeness (QED) is 0.670. The largest absolute Gasteiger partial charge is 0.388 e. The molecule has 0 saturated carbocycles. The highest BCUT2D eigenvalue weighted by molar-refractivity contribution is 6.97. The van der Waals surface area contributed by atoms with Crippen molar-refractivity contribution in [1.29, 1.82) is 0 Å². The Labute approximate surface area is 92.3 Å². The molecule has 1 atom stereocenters. The number of rotatable bonds is 3. The molecule has 0 heterocycles. The van der Waals surface area contributed by atoms with Gasteiger partial charge in [-0.1, -0.05) is 53.5 Å². The molecular formula is C11H28OSi2. The second-order valence-corrected chi connectivity index (χ2v) is 18.3. The minimum atomic E-state index is -1.33. The molecule has 0 bridgehead atoms. The van der Waals surface area contributed by atoms with Gasteiger partial charge in [-0.3, -0.25) is 0 Å². The Balaban J connectivity index is 5.04. The van der Waals surface area contributed by atoms with E-state index in [1.807, 2.05) is 7.11 Å². The molecule has 0 N–H and O–H groups in total. The third kappa shape index (κ3) is 2.94. The summed E-state index contributed by atoms with van der Waals surface area (Å²) in [5.74, 6) is 0. The molecule has 3 heteroatoms. The number of hydrogen-bond acceptors (Lipinski definition) is 1. The fourth-order valence-electron chi connectivity index (χ4n) is 2.12. The van der Waals surface area contributed by atoms with Crippen molar-refractivity contribution in [2.75, 3.05) is 7.11 Å². The molecular weight excluding hydrogens is 204 g/mol. The average molecular weight is 233 g/mol. The molecule has 0 aliphatic rings. The first-order chi connectivity index (χ1) is 5.94. The number of methoxy groups -OCH3 is 1. The zero-order chi connectivity index (χ0) is 11.8. The van der Waals surface area contributed by atoms with Crippen molar-refractivity contribution in [3.8, 4) is 0 Å². The standard InChI is InChI=1S/C11H28OSi2/c1-11(2,3)14(8,9)10(12-4)13(5,6)7/h10H,1-9H3. The van der Waals surface area contributed by atoms with Crippen LogP contribution < -0.4 is 0 Å². The van der Waals surface area contributed by atoms with E-state index in [0.717, 1.165) is 0 Å². The molecule has 0 saturated heterocycles. The van der Waals surface area contributed by atoms with Crippen molar-refractivity contribution < 1.29 is 4.74 Å². The molecule has 0 spiro atoms. The van der Waals surface area contributed by atoms with Crippen LogP contribution in [0.15, 0.2) is 0 Å². The molecule has 0 aliphatic carbocycles. The summed E-state index contributed by atoms with van der Waals surface area (Å²) in [6.07, 6.45) is 0. The van der Waals surface area contributed by atoms with Gasteiger partial charge in [-0.15, -0.1) is 0 Å². The fourth-order valence-corrected chi connectivity index (χ4v) is 14.2. The number of hydrogen-bond donors (Lipinski definition) is 0. The Kier molecular flexibility index (Phi) is 4.22.